The van der Waals surface area contributed by atoms with Gasteiger partial charge in [-0.25, -0.2) is 9.97 Å². The molecule has 0 radical (unpaired) electrons. The third kappa shape index (κ3) is 4.57. The number of hydrogen-bond donors (Lipinski definition) is 2. The van der Waals surface area contributed by atoms with Gasteiger partial charge in [0.15, 0.2) is 4.67 Å². The fourth-order valence-corrected chi connectivity index (χ4v) is 3.42. The Labute approximate surface area is 164 Å². The molecule has 0 spiro atoms. The summed E-state index contributed by atoms with van der Waals surface area (Å²) in [6, 6.07) is 7.69. The Kier molecular flexibility index (Phi) is 6.28. The van der Waals surface area contributed by atoms with Crippen molar-refractivity contribution in [3.8, 4) is 16.9 Å². The number of unbranched alkanes of at least 4 members (excludes halogenated alkanes) is 2. The van der Waals surface area contributed by atoms with Crippen molar-refractivity contribution in [2.45, 2.75) is 25.7 Å². The molecule has 1 aromatic carbocycles. The van der Waals surface area contributed by atoms with Gasteiger partial charge in [-0.05, 0) is 46.5 Å². The van der Waals surface area contributed by atoms with E-state index in [0.29, 0.717) is 29.2 Å². The molecule has 7 nitrogen and oxygen atoms in total. The molecule has 0 saturated heterocycles. The lowest BCUT2D eigenvalue weighted by atomic mass is 10.1. The first kappa shape index (κ1) is 19.2. The van der Waals surface area contributed by atoms with Crippen molar-refractivity contribution >= 4 is 38.8 Å². The van der Waals surface area contributed by atoms with Gasteiger partial charge >= 0.3 is 5.97 Å². The highest BCUT2D eigenvalue weighted by molar-refractivity contribution is 9.10. The molecule has 0 aliphatic carbocycles. The molecule has 0 saturated carbocycles. The van der Waals surface area contributed by atoms with Crippen LogP contribution in [0, 0.1) is 0 Å². The van der Waals surface area contributed by atoms with Crippen LogP contribution in [-0.2, 0) is 4.79 Å². The summed E-state index contributed by atoms with van der Waals surface area (Å²) in [7, 11) is 1.63. The molecule has 2 N–H and O–H groups in total. The van der Waals surface area contributed by atoms with Crippen LogP contribution in [0.1, 0.15) is 25.7 Å². The quantitative estimate of drug-likeness (QED) is 0.471. The maximum Gasteiger partial charge on any atom is 0.303 e. The first-order valence-electron chi connectivity index (χ1n) is 8.63. The van der Waals surface area contributed by atoms with Crippen LogP contribution >= 0.6 is 15.9 Å². The molecular weight excluding hydrogens is 414 g/mol. The average molecular weight is 434 g/mol. The van der Waals surface area contributed by atoms with Crippen molar-refractivity contribution in [1.82, 2.24) is 9.97 Å². The summed E-state index contributed by atoms with van der Waals surface area (Å²) in [5.74, 6) is 0.713. The summed E-state index contributed by atoms with van der Waals surface area (Å²) in [5.41, 5.74) is 2.33. The molecule has 8 heteroatoms. The van der Waals surface area contributed by atoms with E-state index >= 15 is 0 Å². The monoisotopic (exact) mass is 433 g/mol. The maximum atomic E-state index is 10.6. The van der Waals surface area contributed by atoms with E-state index in [4.69, 9.17) is 14.3 Å². The lowest BCUT2D eigenvalue weighted by Crippen LogP contribution is -2.04. The molecular formula is C19H20BrN3O4. The highest BCUT2D eigenvalue weighted by Gasteiger charge is 2.19. The van der Waals surface area contributed by atoms with E-state index in [1.165, 1.54) is 6.33 Å². The lowest BCUT2D eigenvalue weighted by molar-refractivity contribution is -0.137. The van der Waals surface area contributed by atoms with Gasteiger partial charge in [-0.3, -0.25) is 4.79 Å². The van der Waals surface area contributed by atoms with Crippen LogP contribution in [0.5, 0.6) is 5.75 Å². The summed E-state index contributed by atoms with van der Waals surface area (Å²) in [6.07, 6.45) is 4.03. The number of aromatic nitrogens is 2. The lowest BCUT2D eigenvalue weighted by Gasteiger charge is -2.08. The Morgan fingerprint density at radius 2 is 2.00 bits per heavy atom. The molecule has 0 atom stereocenters. The normalized spacial score (nSPS) is 10.9. The van der Waals surface area contributed by atoms with Crippen molar-refractivity contribution < 1.29 is 19.1 Å². The Morgan fingerprint density at radius 1 is 1.22 bits per heavy atom. The second-order valence-electron chi connectivity index (χ2n) is 6.01. The summed E-state index contributed by atoms with van der Waals surface area (Å²) >= 11 is 3.48. The minimum absolute atomic E-state index is 0.202. The zero-order chi connectivity index (χ0) is 19.2. The first-order chi connectivity index (χ1) is 13.1. The van der Waals surface area contributed by atoms with Crippen molar-refractivity contribution in [2.75, 3.05) is 19.0 Å². The summed E-state index contributed by atoms with van der Waals surface area (Å²) in [6.45, 7) is 0.691. The number of rotatable bonds is 9. The van der Waals surface area contributed by atoms with Gasteiger partial charge in [0.1, 0.15) is 17.9 Å². The van der Waals surface area contributed by atoms with Gasteiger partial charge in [0.05, 0.1) is 12.5 Å². The molecule has 3 rings (SSSR count). The fraction of sp³-hybridized carbons (Fsp3) is 0.316. The number of anilines is 1. The number of carbonyl (C=O) groups is 1. The highest BCUT2D eigenvalue weighted by atomic mass is 79.9. The van der Waals surface area contributed by atoms with E-state index < -0.39 is 5.97 Å². The number of fused-ring (bicyclic) bond motifs is 1. The summed E-state index contributed by atoms with van der Waals surface area (Å²) in [4.78, 5) is 19.1. The smallest absolute Gasteiger partial charge is 0.303 e. The number of nitrogens with zero attached hydrogens (tertiary/aromatic N) is 2. The Morgan fingerprint density at radius 3 is 2.70 bits per heavy atom. The molecule has 0 fully saturated rings. The largest absolute Gasteiger partial charge is 0.497 e. The number of carboxylic acid groups (broad SMARTS) is 1. The van der Waals surface area contributed by atoms with Gasteiger partial charge in [0.25, 0.3) is 0 Å². The van der Waals surface area contributed by atoms with Crippen LogP contribution in [0.4, 0.5) is 5.82 Å². The Bertz CT molecular complexity index is 925. The number of ether oxygens (including phenoxy) is 1. The summed E-state index contributed by atoms with van der Waals surface area (Å²) in [5, 5.41) is 12.8. The number of hydrogen-bond acceptors (Lipinski definition) is 6. The van der Waals surface area contributed by atoms with E-state index in [-0.39, 0.29) is 6.42 Å². The van der Waals surface area contributed by atoms with Crippen LogP contribution in [0.25, 0.3) is 22.2 Å². The topological polar surface area (TPSA) is 97.5 Å². The second kappa shape index (κ2) is 8.85. The molecule has 0 amide bonds. The Hall–Kier alpha value is -2.61. The van der Waals surface area contributed by atoms with Gasteiger partial charge in [0.2, 0.25) is 5.71 Å². The van der Waals surface area contributed by atoms with Crippen LogP contribution < -0.4 is 10.1 Å². The van der Waals surface area contributed by atoms with Gasteiger partial charge in [0, 0.05) is 18.5 Å². The van der Waals surface area contributed by atoms with Gasteiger partial charge in [-0.15, -0.1) is 0 Å². The zero-order valence-electron chi connectivity index (χ0n) is 14.9. The molecule has 27 heavy (non-hydrogen) atoms. The minimum atomic E-state index is -0.757. The number of furan rings is 1. The second-order valence-corrected chi connectivity index (χ2v) is 6.73. The van der Waals surface area contributed by atoms with Gasteiger partial charge < -0.3 is 19.6 Å². The molecule has 0 aliphatic heterocycles. The number of carboxylic acids is 1. The SMILES string of the molecule is COc1ccc(-c2c(Br)oc3ncnc(NCCCCCC(=O)O)c23)cc1. The molecule has 2 aromatic heterocycles. The van der Waals surface area contributed by atoms with Crippen molar-refractivity contribution in [3.05, 3.63) is 35.3 Å². The van der Waals surface area contributed by atoms with Crippen LogP contribution in [0.2, 0.25) is 0 Å². The van der Waals surface area contributed by atoms with E-state index in [1.54, 1.807) is 7.11 Å². The molecule has 3 aromatic rings. The number of methoxy groups -OCH3 is 1. The highest BCUT2D eigenvalue weighted by Crippen LogP contribution is 2.40. The van der Waals surface area contributed by atoms with Crippen molar-refractivity contribution in [3.63, 3.8) is 0 Å². The van der Waals surface area contributed by atoms with Crippen molar-refractivity contribution in [1.29, 1.82) is 0 Å². The van der Waals surface area contributed by atoms with E-state index in [1.807, 2.05) is 24.3 Å². The van der Waals surface area contributed by atoms with Gasteiger partial charge in [-0.2, -0.15) is 0 Å². The summed E-state index contributed by atoms with van der Waals surface area (Å²) < 4.78 is 11.6. The van der Waals surface area contributed by atoms with Crippen molar-refractivity contribution in [2.24, 2.45) is 0 Å². The fourth-order valence-electron chi connectivity index (χ4n) is 2.84. The standard InChI is InChI=1S/C19H20BrN3O4/c1-26-13-8-6-12(7-9-13)15-16-18(21-10-4-2-3-5-14(24)25)22-11-23-19(16)27-17(15)20/h6-9,11H,2-5,10H2,1H3,(H,24,25)(H,21,22,23). The molecule has 142 valence electrons. The first-order valence-corrected chi connectivity index (χ1v) is 9.42. The average Bonchev–Trinajstić information content (AvgIpc) is 3.01. The Balaban J connectivity index is 1.80. The van der Waals surface area contributed by atoms with E-state index in [2.05, 4.69) is 31.2 Å². The van der Waals surface area contributed by atoms with E-state index in [9.17, 15) is 4.79 Å². The zero-order valence-corrected chi connectivity index (χ0v) is 16.5. The third-order valence-electron chi connectivity index (χ3n) is 4.18. The molecule has 0 unspecified atom stereocenters. The number of aliphatic carboxylic acids is 1. The number of nitrogens with one attached hydrogen (secondary N) is 1. The maximum absolute atomic E-state index is 10.6. The van der Waals surface area contributed by atoms with Gasteiger partial charge in [-0.1, -0.05) is 18.6 Å². The number of benzene rings is 1. The minimum Gasteiger partial charge on any atom is -0.497 e. The third-order valence-corrected chi connectivity index (χ3v) is 4.74. The van der Waals surface area contributed by atoms with Crippen LogP contribution in [-0.4, -0.2) is 34.7 Å². The number of halogens is 1. The molecule has 2 heterocycles. The molecule has 0 bridgehead atoms. The van der Waals surface area contributed by atoms with Crippen LogP contribution in [0.15, 0.2) is 39.7 Å². The van der Waals surface area contributed by atoms with E-state index in [0.717, 1.165) is 35.1 Å². The van der Waals surface area contributed by atoms with Crippen LogP contribution in [0.3, 0.4) is 0 Å². The predicted molar refractivity (Wildman–Crippen MR) is 106 cm³/mol. The predicted octanol–water partition coefficient (Wildman–Crippen LogP) is 4.72. The molecule has 0 aliphatic rings.